The predicted molar refractivity (Wildman–Crippen MR) is 104 cm³/mol. The second-order valence-corrected chi connectivity index (χ2v) is 9.18. The first-order valence-electron chi connectivity index (χ1n) is 8.75. The van der Waals surface area contributed by atoms with E-state index in [-0.39, 0.29) is 16.6 Å². The molecule has 2 N–H and O–H groups in total. The molecular formula is C19H26N2O4S. The summed E-state index contributed by atoms with van der Waals surface area (Å²) in [6, 6.07) is 5.89. The third kappa shape index (κ3) is 5.76. The van der Waals surface area contributed by atoms with E-state index < -0.39 is 12.0 Å². The summed E-state index contributed by atoms with van der Waals surface area (Å²) in [6.07, 6.45) is 2.08. The molecule has 26 heavy (non-hydrogen) atoms. The molecule has 1 aliphatic rings. The molecule has 2 rings (SSSR count). The number of rotatable bonds is 5. The number of anilines is 1. The van der Waals surface area contributed by atoms with Crippen molar-refractivity contribution in [3.05, 3.63) is 29.8 Å². The zero-order valence-electron chi connectivity index (χ0n) is 15.4. The van der Waals surface area contributed by atoms with Crippen molar-refractivity contribution in [2.24, 2.45) is 0 Å². The molecule has 0 aliphatic carbocycles. The minimum Gasteiger partial charge on any atom is -0.480 e. The molecule has 7 heteroatoms. The maximum atomic E-state index is 12.8. The van der Waals surface area contributed by atoms with Crippen molar-refractivity contribution < 1.29 is 19.5 Å². The summed E-state index contributed by atoms with van der Waals surface area (Å²) in [7, 11) is 0. The molecule has 1 saturated heterocycles. The van der Waals surface area contributed by atoms with Gasteiger partial charge in [-0.2, -0.15) is 0 Å². The number of hydrogen-bond acceptors (Lipinski definition) is 4. The Kier molecular flexibility index (Phi) is 6.69. The van der Waals surface area contributed by atoms with Crippen LogP contribution < -0.4 is 5.32 Å². The van der Waals surface area contributed by atoms with Gasteiger partial charge >= 0.3 is 5.97 Å². The van der Waals surface area contributed by atoms with Crippen molar-refractivity contribution in [1.29, 1.82) is 0 Å². The lowest BCUT2D eigenvalue weighted by molar-refractivity contribution is -0.143. The summed E-state index contributed by atoms with van der Waals surface area (Å²) in [4.78, 5) is 37.7. The van der Waals surface area contributed by atoms with Gasteiger partial charge in [0.15, 0.2) is 0 Å². The summed E-state index contributed by atoms with van der Waals surface area (Å²) in [5.41, 5.74) is 0.929. The van der Waals surface area contributed by atoms with Gasteiger partial charge in [-0.1, -0.05) is 26.8 Å². The first-order valence-corrected chi connectivity index (χ1v) is 9.73. The van der Waals surface area contributed by atoms with Gasteiger partial charge in [-0.25, -0.2) is 4.79 Å². The number of piperidine rings is 1. The average molecular weight is 378 g/mol. The highest BCUT2D eigenvalue weighted by atomic mass is 32.2. The van der Waals surface area contributed by atoms with E-state index in [0.717, 1.165) is 12.8 Å². The van der Waals surface area contributed by atoms with E-state index in [4.69, 9.17) is 0 Å². The largest absolute Gasteiger partial charge is 0.480 e. The molecule has 1 aromatic carbocycles. The number of nitrogens with zero attached hydrogens (tertiary/aromatic N) is 1. The van der Waals surface area contributed by atoms with Crippen molar-refractivity contribution in [2.45, 2.75) is 50.8 Å². The first-order chi connectivity index (χ1) is 12.2. The predicted octanol–water partition coefficient (Wildman–Crippen LogP) is 3.24. The smallest absolute Gasteiger partial charge is 0.326 e. The number of aliphatic carboxylic acids is 1. The zero-order chi connectivity index (χ0) is 19.3. The number of carboxylic acids is 1. The topological polar surface area (TPSA) is 86.7 Å². The second kappa shape index (κ2) is 8.58. The Bertz CT molecular complexity index is 684. The Morgan fingerprint density at radius 3 is 2.65 bits per heavy atom. The summed E-state index contributed by atoms with van der Waals surface area (Å²) in [5, 5.41) is 12.1. The van der Waals surface area contributed by atoms with Gasteiger partial charge in [-0.05, 0) is 37.5 Å². The third-order valence-electron chi connectivity index (χ3n) is 4.08. The van der Waals surface area contributed by atoms with Gasteiger partial charge in [0, 0.05) is 22.5 Å². The minimum absolute atomic E-state index is 0.00470. The Morgan fingerprint density at radius 2 is 2.00 bits per heavy atom. The Hall–Kier alpha value is -2.02. The Balaban J connectivity index is 2.06. The van der Waals surface area contributed by atoms with Crippen LogP contribution in [0.2, 0.25) is 0 Å². The second-order valence-electron chi connectivity index (χ2n) is 7.38. The molecule has 142 valence electrons. The molecule has 0 radical (unpaired) electrons. The van der Waals surface area contributed by atoms with E-state index in [0.29, 0.717) is 30.0 Å². The maximum absolute atomic E-state index is 12.8. The first kappa shape index (κ1) is 20.3. The van der Waals surface area contributed by atoms with Crippen LogP contribution in [0.3, 0.4) is 0 Å². The van der Waals surface area contributed by atoms with Gasteiger partial charge in [0.25, 0.3) is 5.91 Å². The summed E-state index contributed by atoms with van der Waals surface area (Å²) >= 11 is 1.55. The van der Waals surface area contributed by atoms with E-state index in [2.05, 4.69) is 5.32 Å². The van der Waals surface area contributed by atoms with Crippen LogP contribution in [0.5, 0.6) is 0 Å². The fourth-order valence-corrected chi connectivity index (χ4v) is 3.44. The number of amides is 2. The fourth-order valence-electron chi connectivity index (χ4n) is 2.81. The van der Waals surface area contributed by atoms with Crippen LogP contribution in [-0.2, 0) is 9.59 Å². The van der Waals surface area contributed by atoms with Gasteiger partial charge in [0.1, 0.15) is 6.04 Å². The average Bonchev–Trinajstić information content (AvgIpc) is 2.59. The highest BCUT2D eigenvalue weighted by Crippen LogP contribution is 2.24. The molecule has 2 amide bonds. The monoisotopic (exact) mass is 378 g/mol. The molecular weight excluding hydrogens is 352 g/mol. The number of thioether (sulfide) groups is 1. The van der Waals surface area contributed by atoms with E-state index in [1.54, 1.807) is 36.0 Å². The fraction of sp³-hybridized carbons (Fsp3) is 0.526. The molecule has 1 atom stereocenters. The molecule has 0 aromatic heterocycles. The van der Waals surface area contributed by atoms with E-state index in [1.807, 2.05) is 20.8 Å². The van der Waals surface area contributed by atoms with Crippen LogP contribution in [0.15, 0.2) is 24.3 Å². The quantitative estimate of drug-likeness (QED) is 0.821. The zero-order valence-corrected chi connectivity index (χ0v) is 16.3. The molecule has 0 spiro atoms. The number of hydrogen-bond donors (Lipinski definition) is 2. The minimum atomic E-state index is -0.971. The number of likely N-dealkylation sites (tertiary alicyclic amines) is 1. The Morgan fingerprint density at radius 1 is 1.27 bits per heavy atom. The maximum Gasteiger partial charge on any atom is 0.326 e. The van der Waals surface area contributed by atoms with Gasteiger partial charge in [-0.3, -0.25) is 9.59 Å². The Labute approximate surface area is 158 Å². The lowest BCUT2D eigenvalue weighted by Crippen LogP contribution is -2.48. The number of benzene rings is 1. The van der Waals surface area contributed by atoms with Crippen LogP contribution >= 0.6 is 11.8 Å². The molecule has 6 nitrogen and oxygen atoms in total. The molecule has 1 heterocycles. The van der Waals surface area contributed by atoms with Crippen molar-refractivity contribution in [2.75, 3.05) is 17.6 Å². The number of carbonyl (C=O) groups is 3. The normalized spacial score (nSPS) is 17.7. The molecule has 1 fully saturated rings. The highest BCUT2D eigenvalue weighted by molar-refractivity contribution is 8.01. The van der Waals surface area contributed by atoms with E-state index in [1.165, 1.54) is 4.90 Å². The van der Waals surface area contributed by atoms with Crippen LogP contribution in [-0.4, -0.2) is 50.9 Å². The summed E-state index contributed by atoms with van der Waals surface area (Å²) in [6.45, 7) is 6.57. The van der Waals surface area contributed by atoms with Crippen LogP contribution in [0.1, 0.15) is 50.4 Å². The van der Waals surface area contributed by atoms with Gasteiger partial charge in [0.2, 0.25) is 5.91 Å². The standard InChI is InChI=1S/C19H26N2O4S/c1-19(2,3)26-12-16(22)20-14-8-6-7-13(11-14)17(23)21-10-5-4-9-15(21)18(24)25/h6-8,11,15H,4-5,9-10,12H2,1-3H3,(H,20,22)(H,24,25). The number of nitrogens with one attached hydrogen (secondary N) is 1. The molecule has 1 unspecified atom stereocenters. The SMILES string of the molecule is CC(C)(C)SCC(=O)Nc1cccc(C(=O)N2CCCCC2C(=O)O)c1. The van der Waals surface area contributed by atoms with Gasteiger partial charge in [-0.15, -0.1) is 11.8 Å². The van der Waals surface area contributed by atoms with Crippen LogP contribution in [0.25, 0.3) is 0 Å². The summed E-state index contributed by atoms with van der Waals surface area (Å²) in [5.74, 6) is -1.08. The number of carbonyl (C=O) groups excluding carboxylic acids is 2. The lowest BCUT2D eigenvalue weighted by atomic mass is 10.0. The molecule has 1 aliphatic heterocycles. The molecule has 1 aromatic rings. The van der Waals surface area contributed by atoms with Crippen molar-refractivity contribution in [3.8, 4) is 0 Å². The number of carboxylic acid groups (broad SMARTS) is 1. The molecule has 0 bridgehead atoms. The van der Waals surface area contributed by atoms with Crippen molar-refractivity contribution in [1.82, 2.24) is 4.90 Å². The van der Waals surface area contributed by atoms with Crippen LogP contribution in [0, 0.1) is 0 Å². The van der Waals surface area contributed by atoms with E-state index >= 15 is 0 Å². The van der Waals surface area contributed by atoms with Crippen molar-refractivity contribution >= 4 is 35.2 Å². The van der Waals surface area contributed by atoms with Gasteiger partial charge in [0.05, 0.1) is 5.75 Å². The van der Waals surface area contributed by atoms with Gasteiger partial charge < -0.3 is 15.3 Å². The van der Waals surface area contributed by atoms with Crippen molar-refractivity contribution in [3.63, 3.8) is 0 Å². The highest BCUT2D eigenvalue weighted by Gasteiger charge is 2.32. The third-order valence-corrected chi connectivity index (χ3v) is 5.35. The molecule has 0 saturated carbocycles. The van der Waals surface area contributed by atoms with Crippen LogP contribution in [0.4, 0.5) is 5.69 Å². The summed E-state index contributed by atoms with van der Waals surface area (Å²) < 4.78 is -0.00470. The van der Waals surface area contributed by atoms with E-state index in [9.17, 15) is 19.5 Å². The lowest BCUT2D eigenvalue weighted by Gasteiger charge is -2.33.